The summed E-state index contributed by atoms with van der Waals surface area (Å²) >= 11 is 0. The van der Waals surface area contributed by atoms with Gasteiger partial charge in [0.15, 0.2) is 0 Å². The second kappa shape index (κ2) is 8.05. The van der Waals surface area contributed by atoms with Crippen molar-refractivity contribution in [1.82, 2.24) is 15.0 Å². The molecule has 0 amide bonds. The summed E-state index contributed by atoms with van der Waals surface area (Å²) in [6, 6.07) is 31.2. The summed E-state index contributed by atoms with van der Waals surface area (Å²) in [5, 5.41) is 34.8. The van der Waals surface area contributed by atoms with E-state index in [1.807, 2.05) is 97.2 Å². The van der Waals surface area contributed by atoms with Crippen molar-refractivity contribution in [2.45, 2.75) is 6.54 Å². The number of fused-ring (bicyclic) bond motifs is 2. The van der Waals surface area contributed by atoms with Crippen LogP contribution >= 0.6 is 0 Å². The lowest BCUT2D eigenvalue weighted by Gasteiger charge is -2.17. The highest BCUT2D eigenvalue weighted by atomic mass is 16.3. The van der Waals surface area contributed by atoms with E-state index in [1.54, 1.807) is 10.7 Å². The highest BCUT2D eigenvalue weighted by Gasteiger charge is 2.20. The molecule has 1 heterocycles. The summed E-state index contributed by atoms with van der Waals surface area (Å²) in [5.74, 6) is 0.255. The molecule has 2 N–H and O–H groups in total. The van der Waals surface area contributed by atoms with Gasteiger partial charge in [-0.1, -0.05) is 90.1 Å². The van der Waals surface area contributed by atoms with Crippen LogP contribution in [0.2, 0.25) is 0 Å². The minimum absolute atomic E-state index is 0.127. The van der Waals surface area contributed by atoms with Crippen LogP contribution in [0, 0.1) is 0 Å². The molecule has 0 aliphatic rings. The summed E-state index contributed by atoms with van der Waals surface area (Å²) in [6.07, 6.45) is 1.87. The van der Waals surface area contributed by atoms with Crippen LogP contribution in [0.3, 0.4) is 0 Å². The van der Waals surface area contributed by atoms with E-state index in [9.17, 15) is 10.2 Å². The van der Waals surface area contributed by atoms with Gasteiger partial charge in [-0.25, -0.2) is 4.68 Å². The van der Waals surface area contributed by atoms with E-state index in [2.05, 4.69) is 10.3 Å². The van der Waals surface area contributed by atoms with Crippen LogP contribution in [0.25, 0.3) is 43.9 Å². The summed E-state index contributed by atoms with van der Waals surface area (Å²) in [5.41, 5.74) is 3.69. The molecule has 0 radical (unpaired) electrons. The Balaban J connectivity index is 1.54. The van der Waals surface area contributed by atoms with Gasteiger partial charge in [0.25, 0.3) is 0 Å². The van der Waals surface area contributed by atoms with E-state index in [0.29, 0.717) is 23.2 Å². The number of hydrogen-bond donors (Lipinski definition) is 2. The number of nitrogens with zero attached hydrogens (tertiary/aromatic N) is 3. The monoisotopic (exact) mass is 443 g/mol. The molecule has 0 bridgehead atoms. The maximum atomic E-state index is 11.5. The normalized spacial score (nSPS) is 11.3. The predicted octanol–water partition coefficient (Wildman–Crippen LogP) is 6.38. The van der Waals surface area contributed by atoms with Gasteiger partial charge in [-0.15, -0.1) is 5.10 Å². The molecule has 6 rings (SSSR count). The molecule has 5 aromatic carbocycles. The van der Waals surface area contributed by atoms with Crippen LogP contribution in [-0.2, 0) is 6.54 Å². The molecule has 5 heteroatoms. The molecule has 0 aliphatic heterocycles. The molecule has 1 aromatic heterocycles. The lowest BCUT2D eigenvalue weighted by Crippen LogP contribution is -2.02. The zero-order chi connectivity index (χ0) is 23.1. The second-order valence-corrected chi connectivity index (χ2v) is 8.33. The van der Waals surface area contributed by atoms with Crippen LogP contribution in [0.1, 0.15) is 5.56 Å². The van der Waals surface area contributed by atoms with Crippen LogP contribution < -0.4 is 0 Å². The number of phenols is 2. The third-order valence-corrected chi connectivity index (χ3v) is 6.20. The van der Waals surface area contributed by atoms with E-state index in [0.717, 1.165) is 32.8 Å². The van der Waals surface area contributed by atoms with E-state index >= 15 is 0 Å². The number of aromatic hydroxyl groups is 2. The smallest absolute Gasteiger partial charge is 0.129 e. The number of benzene rings is 5. The van der Waals surface area contributed by atoms with Crippen molar-refractivity contribution in [2.24, 2.45) is 0 Å². The first kappa shape index (κ1) is 20.0. The van der Waals surface area contributed by atoms with E-state index < -0.39 is 0 Å². The number of aromatic nitrogens is 3. The molecule has 0 saturated carbocycles. The minimum Gasteiger partial charge on any atom is -0.507 e. The minimum atomic E-state index is 0.127. The van der Waals surface area contributed by atoms with Crippen molar-refractivity contribution in [1.29, 1.82) is 0 Å². The molecule has 0 spiro atoms. The van der Waals surface area contributed by atoms with Crippen molar-refractivity contribution in [2.75, 3.05) is 0 Å². The number of rotatable bonds is 4. The SMILES string of the molecule is Oc1ccc2ccccc2c1-c1c(O)c(Cn2cc(-c3ccccc3)nn2)cc2ccccc12. The summed E-state index contributed by atoms with van der Waals surface area (Å²) in [4.78, 5) is 0. The van der Waals surface area contributed by atoms with Crippen molar-refractivity contribution in [3.05, 3.63) is 109 Å². The molecule has 164 valence electrons. The highest BCUT2D eigenvalue weighted by molar-refractivity contribution is 6.10. The average Bonchev–Trinajstić information content (AvgIpc) is 3.34. The van der Waals surface area contributed by atoms with E-state index in [1.165, 1.54) is 0 Å². The van der Waals surface area contributed by atoms with Gasteiger partial charge in [0.2, 0.25) is 0 Å². The second-order valence-electron chi connectivity index (χ2n) is 8.33. The third-order valence-electron chi connectivity index (χ3n) is 6.20. The zero-order valence-electron chi connectivity index (χ0n) is 18.3. The predicted molar refractivity (Wildman–Crippen MR) is 135 cm³/mol. The van der Waals surface area contributed by atoms with Crippen molar-refractivity contribution in [3.8, 4) is 33.9 Å². The van der Waals surface area contributed by atoms with Gasteiger partial charge >= 0.3 is 0 Å². The molecule has 0 aliphatic carbocycles. The molecular formula is C29H21N3O2. The maximum Gasteiger partial charge on any atom is 0.129 e. The molecule has 0 atom stereocenters. The Morgan fingerprint density at radius 3 is 2.15 bits per heavy atom. The molecule has 5 nitrogen and oxygen atoms in total. The standard InChI is InChI=1S/C29H21N3O2/c33-26-15-14-19-8-4-6-12-23(19)27(26)28-24-13-7-5-11-21(24)16-22(29(28)34)17-32-18-25(30-31-32)20-9-2-1-3-10-20/h1-16,18,33-34H,17H2. The summed E-state index contributed by atoms with van der Waals surface area (Å²) in [7, 11) is 0. The summed E-state index contributed by atoms with van der Waals surface area (Å²) in [6.45, 7) is 0.342. The van der Waals surface area contributed by atoms with Gasteiger partial charge in [-0.3, -0.25) is 0 Å². The molecule has 0 unspecified atom stereocenters. The Morgan fingerprint density at radius 2 is 1.35 bits per heavy atom. The quantitative estimate of drug-likeness (QED) is 0.332. The topological polar surface area (TPSA) is 71.2 Å². The first-order valence-electron chi connectivity index (χ1n) is 11.1. The van der Waals surface area contributed by atoms with Crippen LogP contribution in [0.15, 0.2) is 103 Å². The Kier molecular flexibility index (Phi) is 4.73. The summed E-state index contributed by atoms with van der Waals surface area (Å²) < 4.78 is 1.72. The van der Waals surface area contributed by atoms with E-state index in [4.69, 9.17) is 0 Å². The molecule has 34 heavy (non-hydrogen) atoms. The average molecular weight is 444 g/mol. The third kappa shape index (κ3) is 3.35. The Morgan fingerprint density at radius 1 is 0.676 bits per heavy atom. The fourth-order valence-electron chi connectivity index (χ4n) is 4.58. The molecule has 6 aromatic rings. The molecule has 0 saturated heterocycles. The van der Waals surface area contributed by atoms with Gasteiger partial charge in [-0.05, 0) is 33.7 Å². The number of hydrogen-bond acceptors (Lipinski definition) is 4. The fraction of sp³-hybridized carbons (Fsp3) is 0.0345. The van der Waals surface area contributed by atoms with Crippen molar-refractivity contribution < 1.29 is 10.2 Å². The fourth-order valence-corrected chi connectivity index (χ4v) is 4.58. The van der Waals surface area contributed by atoms with Gasteiger partial charge in [0.05, 0.1) is 12.7 Å². The van der Waals surface area contributed by atoms with E-state index in [-0.39, 0.29) is 11.5 Å². The van der Waals surface area contributed by atoms with Gasteiger partial charge in [0, 0.05) is 22.3 Å². The lowest BCUT2D eigenvalue weighted by molar-refractivity contribution is 0.462. The van der Waals surface area contributed by atoms with Crippen LogP contribution in [0.4, 0.5) is 0 Å². The largest absolute Gasteiger partial charge is 0.507 e. The Labute approximate surface area is 196 Å². The van der Waals surface area contributed by atoms with Crippen molar-refractivity contribution >= 4 is 21.5 Å². The first-order valence-corrected chi connectivity index (χ1v) is 11.1. The zero-order valence-corrected chi connectivity index (χ0v) is 18.3. The maximum absolute atomic E-state index is 11.5. The Bertz CT molecular complexity index is 1660. The highest BCUT2D eigenvalue weighted by Crippen LogP contribution is 2.46. The van der Waals surface area contributed by atoms with Gasteiger partial charge in [-0.2, -0.15) is 0 Å². The van der Waals surface area contributed by atoms with Crippen LogP contribution in [-0.4, -0.2) is 25.2 Å². The van der Waals surface area contributed by atoms with Gasteiger partial charge in [0.1, 0.15) is 17.2 Å². The van der Waals surface area contributed by atoms with Crippen LogP contribution in [0.5, 0.6) is 11.5 Å². The molecule has 0 fully saturated rings. The van der Waals surface area contributed by atoms with Crippen molar-refractivity contribution in [3.63, 3.8) is 0 Å². The lowest BCUT2D eigenvalue weighted by atomic mass is 9.90. The van der Waals surface area contributed by atoms with Gasteiger partial charge < -0.3 is 10.2 Å². The Hall–Kier alpha value is -4.64. The molecular weight excluding hydrogens is 422 g/mol. The first-order chi connectivity index (χ1) is 16.7. The number of phenolic OH excluding ortho intramolecular Hbond substituents is 2.